The van der Waals surface area contributed by atoms with Crippen molar-refractivity contribution in [2.45, 2.75) is 45.6 Å². The molecule has 4 heteroatoms. The predicted molar refractivity (Wildman–Crippen MR) is 68.4 cm³/mol. The van der Waals surface area contributed by atoms with Crippen molar-refractivity contribution in [3.63, 3.8) is 0 Å². The Morgan fingerprint density at radius 2 is 2.12 bits per heavy atom. The molecule has 0 saturated heterocycles. The summed E-state index contributed by atoms with van der Waals surface area (Å²) in [4.78, 5) is 14.2. The lowest BCUT2D eigenvalue weighted by atomic mass is 9.79. The Balaban J connectivity index is 2.54. The molecule has 4 nitrogen and oxygen atoms in total. The maximum absolute atomic E-state index is 12.3. The number of carbonyl (C=O) groups is 1. The molecule has 3 unspecified atom stereocenters. The van der Waals surface area contributed by atoms with Crippen LogP contribution in [-0.4, -0.2) is 41.7 Å². The first-order valence-electron chi connectivity index (χ1n) is 6.73. The zero-order valence-electron chi connectivity index (χ0n) is 11.1. The fourth-order valence-electron chi connectivity index (χ4n) is 2.80. The molecule has 1 aliphatic carbocycles. The Bertz CT molecular complexity index is 236. The van der Waals surface area contributed by atoms with Crippen LogP contribution < -0.4 is 5.73 Å². The maximum atomic E-state index is 12.3. The number of hydrogen-bond acceptors (Lipinski definition) is 3. The second-order valence-corrected chi connectivity index (χ2v) is 5.26. The first-order chi connectivity index (χ1) is 8.08. The normalized spacial score (nSPS) is 29.1. The molecular weight excluding hydrogens is 216 g/mol. The zero-order chi connectivity index (χ0) is 12.8. The van der Waals surface area contributed by atoms with Gasteiger partial charge in [0.15, 0.2) is 0 Å². The highest BCUT2D eigenvalue weighted by atomic mass is 16.3. The average Bonchev–Trinajstić information content (AvgIpc) is 2.28. The van der Waals surface area contributed by atoms with Gasteiger partial charge in [0.05, 0.1) is 0 Å². The standard InChI is InChI=1S/C13H26N2O2/c1-3-15(5-4-6-16)13(17)11-7-10(2)8-12(14)9-11/h10-12,16H,3-9,14H2,1-2H3. The van der Waals surface area contributed by atoms with Crippen molar-refractivity contribution >= 4 is 5.91 Å². The molecule has 0 aromatic carbocycles. The molecule has 0 spiro atoms. The summed E-state index contributed by atoms with van der Waals surface area (Å²) in [7, 11) is 0. The lowest BCUT2D eigenvalue weighted by molar-refractivity contribution is -0.137. The van der Waals surface area contributed by atoms with E-state index in [4.69, 9.17) is 10.8 Å². The fourth-order valence-corrected chi connectivity index (χ4v) is 2.80. The average molecular weight is 242 g/mol. The maximum Gasteiger partial charge on any atom is 0.225 e. The molecule has 3 atom stereocenters. The Hall–Kier alpha value is -0.610. The Kier molecular flexibility index (Phi) is 5.92. The van der Waals surface area contributed by atoms with Gasteiger partial charge in [-0.1, -0.05) is 6.92 Å². The van der Waals surface area contributed by atoms with Gasteiger partial charge in [0.2, 0.25) is 5.91 Å². The van der Waals surface area contributed by atoms with Gasteiger partial charge in [-0.2, -0.15) is 0 Å². The molecule has 1 fully saturated rings. The van der Waals surface area contributed by atoms with E-state index in [-0.39, 0.29) is 24.5 Å². The van der Waals surface area contributed by atoms with E-state index >= 15 is 0 Å². The molecule has 17 heavy (non-hydrogen) atoms. The van der Waals surface area contributed by atoms with Gasteiger partial charge in [-0.3, -0.25) is 4.79 Å². The van der Waals surface area contributed by atoms with Gasteiger partial charge in [0.25, 0.3) is 0 Å². The van der Waals surface area contributed by atoms with E-state index in [2.05, 4.69) is 6.92 Å². The summed E-state index contributed by atoms with van der Waals surface area (Å²) in [6, 6.07) is 0.171. The van der Waals surface area contributed by atoms with Gasteiger partial charge >= 0.3 is 0 Å². The topological polar surface area (TPSA) is 66.6 Å². The zero-order valence-corrected chi connectivity index (χ0v) is 11.1. The number of nitrogens with zero attached hydrogens (tertiary/aromatic N) is 1. The quantitative estimate of drug-likeness (QED) is 0.755. The minimum atomic E-state index is 0.0902. The summed E-state index contributed by atoms with van der Waals surface area (Å²) in [6.45, 7) is 5.68. The van der Waals surface area contributed by atoms with Gasteiger partial charge in [-0.05, 0) is 38.5 Å². The van der Waals surface area contributed by atoms with E-state index in [1.807, 2.05) is 11.8 Å². The Morgan fingerprint density at radius 1 is 1.41 bits per heavy atom. The number of carbonyl (C=O) groups excluding carboxylic acids is 1. The Labute approximate surface area is 104 Å². The van der Waals surface area contributed by atoms with Crippen molar-refractivity contribution in [1.29, 1.82) is 0 Å². The highest BCUT2D eigenvalue weighted by Crippen LogP contribution is 2.29. The number of rotatable bonds is 5. The molecule has 1 rings (SSSR count). The molecule has 0 heterocycles. The van der Waals surface area contributed by atoms with Crippen LogP contribution in [0.4, 0.5) is 0 Å². The Morgan fingerprint density at radius 3 is 2.65 bits per heavy atom. The van der Waals surface area contributed by atoms with Crippen LogP contribution in [0.15, 0.2) is 0 Å². The van der Waals surface area contributed by atoms with Crippen LogP contribution in [0.25, 0.3) is 0 Å². The molecule has 3 N–H and O–H groups in total. The highest BCUT2D eigenvalue weighted by molar-refractivity contribution is 5.79. The van der Waals surface area contributed by atoms with E-state index in [1.54, 1.807) is 0 Å². The number of aliphatic hydroxyl groups excluding tert-OH is 1. The largest absolute Gasteiger partial charge is 0.396 e. The lowest BCUT2D eigenvalue weighted by Gasteiger charge is -2.33. The van der Waals surface area contributed by atoms with E-state index in [0.29, 0.717) is 18.9 Å². The smallest absolute Gasteiger partial charge is 0.225 e. The molecular formula is C13H26N2O2. The van der Waals surface area contributed by atoms with Crippen LogP contribution >= 0.6 is 0 Å². The molecule has 0 bridgehead atoms. The molecule has 1 amide bonds. The summed E-state index contributed by atoms with van der Waals surface area (Å²) < 4.78 is 0. The van der Waals surface area contributed by atoms with Gasteiger partial charge in [0.1, 0.15) is 0 Å². The first-order valence-corrected chi connectivity index (χ1v) is 6.73. The molecule has 0 radical (unpaired) electrons. The van der Waals surface area contributed by atoms with Crippen LogP contribution in [0.3, 0.4) is 0 Å². The van der Waals surface area contributed by atoms with Crippen molar-refractivity contribution in [3.8, 4) is 0 Å². The monoisotopic (exact) mass is 242 g/mol. The molecule has 100 valence electrons. The summed E-state index contributed by atoms with van der Waals surface area (Å²) in [6.07, 6.45) is 3.47. The van der Waals surface area contributed by atoms with Gasteiger partial charge < -0.3 is 15.7 Å². The van der Waals surface area contributed by atoms with E-state index in [9.17, 15) is 4.79 Å². The van der Waals surface area contributed by atoms with Crippen LogP contribution in [0.5, 0.6) is 0 Å². The van der Waals surface area contributed by atoms with Gasteiger partial charge in [-0.25, -0.2) is 0 Å². The van der Waals surface area contributed by atoms with Gasteiger partial charge in [-0.15, -0.1) is 0 Å². The van der Waals surface area contributed by atoms with Crippen molar-refractivity contribution in [1.82, 2.24) is 4.90 Å². The van der Waals surface area contributed by atoms with E-state index in [0.717, 1.165) is 25.8 Å². The third-order valence-corrected chi connectivity index (χ3v) is 3.61. The second kappa shape index (κ2) is 6.97. The molecule has 0 aromatic rings. The van der Waals surface area contributed by atoms with Crippen molar-refractivity contribution in [3.05, 3.63) is 0 Å². The first kappa shape index (κ1) is 14.5. The third kappa shape index (κ3) is 4.28. The SMILES string of the molecule is CCN(CCCO)C(=O)C1CC(C)CC(N)C1. The summed E-state index contributed by atoms with van der Waals surface area (Å²) in [5, 5.41) is 8.83. The van der Waals surface area contributed by atoms with Crippen LogP contribution in [0, 0.1) is 11.8 Å². The second-order valence-electron chi connectivity index (χ2n) is 5.26. The predicted octanol–water partition coefficient (Wildman–Crippen LogP) is 0.981. The van der Waals surface area contributed by atoms with Crippen LogP contribution in [0.1, 0.15) is 39.5 Å². The van der Waals surface area contributed by atoms with Crippen molar-refractivity contribution in [2.75, 3.05) is 19.7 Å². The number of hydrogen-bond donors (Lipinski definition) is 2. The van der Waals surface area contributed by atoms with Crippen molar-refractivity contribution in [2.24, 2.45) is 17.6 Å². The number of amides is 1. The highest BCUT2D eigenvalue weighted by Gasteiger charge is 2.31. The lowest BCUT2D eigenvalue weighted by Crippen LogP contribution is -2.42. The van der Waals surface area contributed by atoms with Crippen LogP contribution in [-0.2, 0) is 4.79 Å². The molecule has 1 saturated carbocycles. The van der Waals surface area contributed by atoms with Gasteiger partial charge in [0, 0.05) is 31.7 Å². The minimum absolute atomic E-state index is 0.0902. The van der Waals surface area contributed by atoms with E-state index in [1.165, 1.54) is 0 Å². The molecule has 0 aliphatic heterocycles. The van der Waals surface area contributed by atoms with Crippen molar-refractivity contribution < 1.29 is 9.90 Å². The number of nitrogens with two attached hydrogens (primary N) is 1. The summed E-state index contributed by atoms with van der Waals surface area (Å²) in [5.41, 5.74) is 5.98. The minimum Gasteiger partial charge on any atom is -0.396 e. The molecule has 0 aromatic heterocycles. The van der Waals surface area contributed by atoms with E-state index < -0.39 is 0 Å². The third-order valence-electron chi connectivity index (χ3n) is 3.61. The van der Waals surface area contributed by atoms with Crippen LogP contribution in [0.2, 0.25) is 0 Å². The summed E-state index contributed by atoms with van der Waals surface area (Å²) >= 11 is 0. The molecule has 1 aliphatic rings. The number of aliphatic hydroxyl groups is 1. The fraction of sp³-hybridized carbons (Fsp3) is 0.923. The summed E-state index contributed by atoms with van der Waals surface area (Å²) in [5.74, 6) is 0.861.